The third-order valence-corrected chi connectivity index (χ3v) is 1.96. The monoisotopic (exact) mass is 203 g/mol. The van der Waals surface area contributed by atoms with Crippen LogP contribution in [0.1, 0.15) is 15.9 Å². The molecule has 76 valence electrons. The zero-order valence-corrected chi connectivity index (χ0v) is 7.84. The largest absolute Gasteiger partial charge is 0.465 e. The lowest BCUT2D eigenvalue weighted by molar-refractivity contribution is 0.0999. The van der Waals surface area contributed by atoms with Crippen LogP contribution in [0.4, 0.5) is 0 Å². The van der Waals surface area contributed by atoms with E-state index in [1.807, 2.05) is 0 Å². The summed E-state index contributed by atoms with van der Waals surface area (Å²) in [6.07, 6.45) is 4.21. The summed E-state index contributed by atoms with van der Waals surface area (Å²) in [4.78, 5) is 11.1. The highest BCUT2D eigenvalue weighted by atomic mass is 16.5. The van der Waals surface area contributed by atoms with Crippen LogP contribution in [0.5, 0.6) is 0 Å². The van der Waals surface area contributed by atoms with Crippen LogP contribution in [0.3, 0.4) is 0 Å². The van der Waals surface area contributed by atoms with Crippen LogP contribution in [0, 0.1) is 0 Å². The summed E-state index contributed by atoms with van der Waals surface area (Å²) < 4.78 is 10.2. The lowest BCUT2D eigenvalue weighted by atomic mass is 10.1. The molecular weight excluding hydrogens is 194 g/mol. The maximum absolute atomic E-state index is 11.1. The minimum absolute atomic E-state index is 0.405. The van der Waals surface area contributed by atoms with Crippen LogP contribution in [0.15, 0.2) is 43.1 Å². The first-order chi connectivity index (χ1) is 7.29. The van der Waals surface area contributed by atoms with Crippen molar-refractivity contribution in [2.24, 2.45) is 5.73 Å². The number of nitrogens with two attached hydrogens (primary N) is 1. The molecule has 2 rings (SSSR count). The molecule has 0 fully saturated rings. The number of benzene rings is 1. The number of amides is 1. The van der Waals surface area contributed by atoms with Gasteiger partial charge in [-0.15, -0.1) is 0 Å². The first kappa shape index (κ1) is 9.33. The second-order valence-electron chi connectivity index (χ2n) is 2.92. The van der Waals surface area contributed by atoms with Crippen LogP contribution >= 0.6 is 0 Å². The smallest absolute Gasteiger partial charge is 0.249 e. The lowest BCUT2D eigenvalue weighted by Gasteiger charge is -2.12. The fraction of sp³-hybridized carbons (Fsp3) is 0. The Bertz CT molecular complexity index is 449. The second-order valence-corrected chi connectivity index (χ2v) is 2.92. The molecule has 2 N–H and O–H groups in total. The maximum atomic E-state index is 11.1. The van der Waals surface area contributed by atoms with Crippen LogP contribution in [-0.4, -0.2) is 5.91 Å². The van der Waals surface area contributed by atoms with E-state index in [0.29, 0.717) is 16.9 Å². The normalized spacial score (nSPS) is 13.7. The van der Waals surface area contributed by atoms with Gasteiger partial charge in [0.1, 0.15) is 18.8 Å². The van der Waals surface area contributed by atoms with E-state index in [1.165, 1.54) is 18.8 Å². The number of carbonyl (C=O) groups excluding carboxylic acids is 1. The number of rotatable bonds is 2. The molecule has 0 aliphatic carbocycles. The van der Waals surface area contributed by atoms with Gasteiger partial charge in [0.25, 0.3) is 0 Å². The highest BCUT2D eigenvalue weighted by Gasteiger charge is 2.13. The molecule has 1 amide bonds. The average Bonchev–Trinajstić information content (AvgIpc) is 2.30. The van der Waals surface area contributed by atoms with Gasteiger partial charge in [-0.25, -0.2) is 0 Å². The van der Waals surface area contributed by atoms with Gasteiger partial charge in [0, 0.05) is 5.56 Å². The molecule has 4 nitrogen and oxygen atoms in total. The zero-order valence-electron chi connectivity index (χ0n) is 7.84. The van der Waals surface area contributed by atoms with Gasteiger partial charge in [0.05, 0.1) is 5.56 Å². The number of ether oxygens (including phenoxy) is 2. The molecule has 4 heteroatoms. The van der Waals surface area contributed by atoms with Gasteiger partial charge < -0.3 is 15.2 Å². The molecule has 0 saturated carbocycles. The van der Waals surface area contributed by atoms with E-state index in [9.17, 15) is 4.79 Å². The van der Waals surface area contributed by atoms with Gasteiger partial charge >= 0.3 is 0 Å². The van der Waals surface area contributed by atoms with Gasteiger partial charge in [-0.2, -0.15) is 0 Å². The van der Waals surface area contributed by atoms with E-state index >= 15 is 0 Å². The first-order valence-corrected chi connectivity index (χ1v) is 4.35. The van der Waals surface area contributed by atoms with E-state index in [-0.39, 0.29) is 0 Å². The molecule has 0 atom stereocenters. The van der Waals surface area contributed by atoms with E-state index in [1.54, 1.807) is 24.3 Å². The Morgan fingerprint density at radius 1 is 1.20 bits per heavy atom. The van der Waals surface area contributed by atoms with Crippen molar-refractivity contribution >= 4 is 11.7 Å². The minimum Gasteiger partial charge on any atom is -0.465 e. The fourth-order valence-corrected chi connectivity index (χ4v) is 1.30. The molecule has 1 aromatic rings. The molecule has 1 heterocycles. The Labute approximate surface area is 86.6 Å². The van der Waals surface area contributed by atoms with Crippen molar-refractivity contribution in [1.29, 1.82) is 0 Å². The van der Waals surface area contributed by atoms with Gasteiger partial charge in [-0.05, 0) is 6.07 Å². The molecule has 1 aliphatic rings. The Morgan fingerprint density at radius 3 is 2.67 bits per heavy atom. The molecule has 0 radical (unpaired) electrons. The van der Waals surface area contributed by atoms with Crippen molar-refractivity contribution in [2.75, 3.05) is 0 Å². The zero-order chi connectivity index (χ0) is 10.7. The summed E-state index contributed by atoms with van der Waals surface area (Å²) in [7, 11) is 0. The topological polar surface area (TPSA) is 61.6 Å². The van der Waals surface area contributed by atoms with E-state index in [4.69, 9.17) is 15.2 Å². The van der Waals surface area contributed by atoms with Crippen LogP contribution in [-0.2, 0) is 9.47 Å². The average molecular weight is 203 g/mol. The Kier molecular flexibility index (Phi) is 2.41. The third-order valence-electron chi connectivity index (χ3n) is 1.96. The summed E-state index contributed by atoms with van der Waals surface area (Å²) in [5.74, 6) is -0.0310. The summed E-state index contributed by atoms with van der Waals surface area (Å²) in [5.41, 5.74) is 6.27. The lowest BCUT2D eigenvalue weighted by Crippen LogP contribution is -2.13. The first-order valence-electron chi connectivity index (χ1n) is 4.35. The van der Waals surface area contributed by atoms with Gasteiger partial charge in [-0.1, -0.05) is 18.2 Å². The molecule has 0 unspecified atom stereocenters. The van der Waals surface area contributed by atoms with E-state index in [0.717, 1.165) is 0 Å². The molecule has 1 aliphatic heterocycles. The van der Waals surface area contributed by atoms with Crippen molar-refractivity contribution in [3.63, 3.8) is 0 Å². The highest BCUT2D eigenvalue weighted by molar-refractivity contribution is 5.97. The van der Waals surface area contributed by atoms with Crippen molar-refractivity contribution in [1.82, 2.24) is 0 Å². The molecule has 0 aromatic heterocycles. The molecule has 15 heavy (non-hydrogen) atoms. The minimum atomic E-state index is -0.496. The number of carbonyl (C=O) groups is 1. The molecule has 0 bridgehead atoms. The highest BCUT2D eigenvalue weighted by Crippen LogP contribution is 2.22. The van der Waals surface area contributed by atoms with Crippen molar-refractivity contribution in [2.45, 2.75) is 0 Å². The van der Waals surface area contributed by atoms with Gasteiger partial charge in [0.2, 0.25) is 5.91 Å². The Balaban J connectivity index is 2.43. The second kappa shape index (κ2) is 3.88. The molecule has 1 aromatic carbocycles. The Morgan fingerprint density at radius 2 is 2.00 bits per heavy atom. The third kappa shape index (κ3) is 1.83. The maximum Gasteiger partial charge on any atom is 0.249 e. The summed E-state index contributed by atoms with van der Waals surface area (Å²) in [6.45, 7) is 0. The van der Waals surface area contributed by atoms with Gasteiger partial charge in [-0.3, -0.25) is 4.79 Å². The molecule has 0 saturated heterocycles. The summed E-state index contributed by atoms with van der Waals surface area (Å²) in [5, 5.41) is 0. The standard InChI is InChI=1S/C11H9NO3/c12-11(13)9-4-2-1-3-8(9)10-7-14-5-6-15-10/h1-7H,(H2,12,13). The molecular formula is C11H9NO3. The van der Waals surface area contributed by atoms with E-state index < -0.39 is 5.91 Å². The quantitative estimate of drug-likeness (QED) is 0.794. The fourth-order valence-electron chi connectivity index (χ4n) is 1.30. The molecule has 0 spiro atoms. The predicted molar refractivity (Wildman–Crippen MR) is 54.2 cm³/mol. The van der Waals surface area contributed by atoms with Crippen molar-refractivity contribution < 1.29 is 14.3 Å². The van der Waals surface area contributed by atoms with E-state index in [2.05, 4.69) is 0 Å². The van der Waals surface area contributed by atoms with Crippen molar-refractivity contribution in [3.8, 4) is 0 Å². The van der Waals surface area contributed by atoms with Crippen LogP contribution < -0.4 is 5.73 Å². The number of hydrogen-bond donors (Lipinski definition) is 1. The summed E-state index contributed by atoms with van der Waals surface area (Å²) >= 11 is 0. The number of primary amides is 1. The van der Waals surface area contributed by atoms with Gasteiger partial charge in [0.15, 0.2) is 5.76 Å². The predicted octanol–water partition coefficient (Wildman–Crippen LogP) is 1.60. The number of hydrogen-bond acceptors (Lipinski definition) is 3. The van der Waals surface area contributed by atoms with Crippen LogP contribution in [0.25, 0.3) is 5.76 Å². The van der Waals surface area contributed by atoms with Crippen molar-refractivity contribution in [3.05, 3.63) is 54.2 Å². The SMILES string of the molecule is NC(=O)c1ccccc1C1=COC=CO1. The Hall–Kier alpha value is -2.23. The summed E-state index contributed by atoms with van der Waals surface area (Å²) in [6, 6.07) is 6.92. The van der Waals surface area contributed by atoms with Crippen LogP contribution in [0.2, 0.25) is 0 Å².